The summed E-state index contributed by atoms with van der Waals surface area (Å²) in [5.41, 5.74) is 1.03. The summed E-state index contributed by atoms with van der Waals surface area (Å²) in [4.78, 5) is 3.40. The third-order valence-corrected chi connectivity index (χ3v) is 4.23. The molecule has 0 saturated heterocycles. The van der Waals surface area contributed by atoms with E-state index in [1.54, 1.807) is 23.5 Å². The molecular weight excluding hydrogens is 313 g/mol. The van der Waals surface area contributed by atoms with Crippen molar-refractivity contribution in [2.45, 2.75) is 39.1 Å². The molecule has 0 radical (unpaired) electrons. The average molecular weight is 337 g/mol. The summed E-state index contributed by atoms with van der Waals surface area (Å²) in [5, 5.41) is 12.2. The minimum atomic E-state index is -0.544. The molecule has 3 nitrogen and oxygen atoms in total. The molecule has 0 saturated carbocycles. The number of aliphatic hydroxyl groups excluding tert-OH is 1. The number of rotatable bonds is 9. The van der Waals surface area contributed by atoms with Crippen LogP contribution in [0.3, 0.4) is 0 Å². The Morgan fingerprint density at radius 1 is 1.17 bits per heavy atom. The van der Waals surface area contributed by atoms with Crippen molar-refractivity contribution in [1.29, 1.82) is 0 Å². The van der Waals surface area contributed by atoms with Crippen LogP contribution in [0.1, 0.15) is 24.3 Å². The van der Waals surface area contributed by atoms with Crippen LogP contribution >= 0.6 is 11.3 Å². The van der Waals surface area contributed by atoms with Gasteiger partial charge in [-0.2, -0.15) is 0 Å². The Morgan fingerprint density at radius 2 is 1.91 bits per heavy atom. The highest BCUT2D eigenvalue weighted by Crippen LogP contribution is 2.15. The zero-order chi connectivity index (χ0) is 16.7. The fourth-order valence-corrected chi connectivity index (χ4v) is 3.06. The maximum atomic E-state index is 13.0. The third kappa shape index (κ3) is 6.79. The standard InChI is InChI=1S/C18H24FNO2S/c1-14(2)22-13-17(21)11-20(12-18-4-3-9-23-18)10-15-5-7-16(19)8-6-15/h3-9,14,17,21H,10-13H2,1-2H3. The van der Waals surface area contributed by atoms with Gasteiger partial charge in [0, 0.05) is 24.5 Å². The number of ether oxygens (including phenoxy) is 1. The number of nitrogens with zero attached hydrogens (tertiary/aromatic N) is 1. The Labute approximate surface area is 141 Å². The predicted molar refractivity (Wildman–Crippen MR) is 91.9 cm³/mol. The van der Waals surface area contributed by atoms with E-state index >= 15 is 0 Å². The van der Waals surface area contributed by atoms with Crippen molar-refractivity contribution in [2.24, 2.45) is 0 Å². The van der Waals surface area contributed by atoms with Gasteiger partial charge in [0.2, 0.25) is 0 Å². The van der Waals surface area contributed by atoms with Gasteiger partial charge in [-0.25, -0.2) is 4.39 Å². The van der Waals surface area contributed by atoms with Crippen LogP contribution in [0.2, 0.25) is 0 Å². The second-order valence-corrected chi connectivity index (χ2v) is 6.94. The summed E-state index contributed by atoms with van der Waals surface area (Å²) >= 11 is 1.70. The minimum absolute atomic E-state index is 0.104. The first-order chi connectivity index (χ1) is 11.0. The Morgan fingerprint density at radius 3 is 2.52 bits per heavy atom. The molecule has 23 heavy (non-hydrogen) atoms. The molecular formula is C18H24FNO2S. The number of halogens is 1. The first-order valence-corrected chi connectivity index (χ1v) is 8.69. The van der Waals surface area contributed by atoms with Crippen LogP contribution in [0.25, 0.3) is 0 Å². The van der Waals surface area contributed by atoms with E-state index in [0.29, 0.717) is 19.7 Å². The van der Waals surface area contributed by atoms with Crippen molar-refractivity contribution < 1.29 is 14.2 Å². The second kappa shape index (κ2) is 9.13. The maximum Gasteiger partial charge on any atom is 0.123 e. The van der Waals surface area contributed by atoms with E-state index in [2.05, 4.69) is 11.0 Å². The van der Waals surface area contributed by atoms with Gasteiger partial charge in [0.15, 0.2) is 0 Å². The van der Waals surface area contributed by atoms with Crippen molar-refractivity contribution >= 4 is 11.3 Å². The highest BCUT2D eigenvalue weighted by Gasteiger charge is 2.14. The van der Waals surface area contributed by atoms with Gasteiger partial charge >= 0.3 is 0 Å². The Balaban J connectivity index is 1.97. The van der Waals surface area contributed by atoms with Crippen LogP contribution in [-0.2, 0) is 17.8 Å². The zero-order valence-corrected chi connectivity index (χ0v) is 14.4. The lowest BCUT2D eigenvalue weighted by Crippen LogP contribution is -2.34. The van der Waals surface area contributed by atoms with Gasteiger partial charge in [0.05, 0.1) is 18.8 Å². The molecule has 0 spiro atoms. The molecule has 1 aromatic carbocycles. The molecule has 0 fully saturated rings. The summed E-state index contributed by atoms with van der Waals surface area (Å²) in [5.74, 6) is -0.232. The lowest BCUT2D eigenvalue weighted by Gasteiger charge is -2.25. The Hall–Kier alpha value is -1.27. The number of benzene rings is 1. The van der Waals surface area contributed by atoms with Crippen LogP contribution in [0.15, 0.2) is 41.8 Å². The predicted octanol–water partition coefficient (Wildman–Crippen LogP) is 3.68. The van der Waals surface area contributed by atoms with Gasteiger partial charge in [-0.05, 0) is 43.0 Å². The van der Waals surface area contributed by atoms with E-state index in [-0.39, 0.29) is 11.9 Å². The van der Waals surface area contributed by atoms with E-state index in [4.69, 9.17) is 4.74 Å². The van der Waals surface area contributed by atoms with E-state index < -0.39 is 6.10 Å². The molecule has 126 valence electrons. The van der Waals surface area contributed by atoms with Crippen LogP contribution < -0.4 is 0 Å². The lowest BCUT2D eigenvalue weighted by atomic mass is 10.2. The molecule has 1 aromatic heterocycles. The monoisotopic (exact) mass is 337 g/mol. The number of aliphatic hydroxyl groups is 1. The Kier molecular flexibility index (Phi) is 7.17. The smallest absolute Gasteiger partial charge is 0.123 e. The molecule has 0 aliphatic heterocycles. The van der Waals surface area contributed by atoms with Crippen molar-refractivity contribution in [3.8, 4) is 0 Å². The molecule has 1 atom stereocenters. The molecule has 5 heteroatoms. The quantitative estimate of drug-likeness (QED) is 0.758. The van der Waals surface area contributed by atoms with Crippen molar-refractivity contribution in [1.82, 2.24) is 4.90 Å². The zero-order valence-electron chi connectivity index (χ0n) is 13.6. The lowest BCUT2D eigenvalue weighted by molar-refractivity contribution is -0.0105. The van der Waals surface area contributed by atoms with Crippen LogP contribution in [0.5, 0.6) is 0 Å². The van der Waals surface area contributed by atoms with Crippen molar-refractivity contribution in [2.75, 3.05) is 13.2 Å². The molecule has 1 N–H and O–H groups in total. The van der Waals surface area contributed by atoms with E-state index in [1.807, 2.05) is 25.3 Å². The van der Waals surface area contributed by atoms with E-state index in [9.17, 15) is 9.50 Å². The number of hydrogen-bond acceptors (Lipinski definition) is 4. The molecule has 0 bridgehead atoms. The topological polar surface area (TPSA) is 32.7 Å². The van der Waals surface area contributed by atoms with Gasteiger partial charge in [-0.15, -0.1) is 11.3 Å². The number of thiophene rings is 1. The maximum absolute atomic E-state index is 13.0. The SMILES string of the molecule is CC(C)OCC(O)CN(Cc1ccc(F)cc1)Cc1cccs1. The molecule has 1 heterocycles. The largest absolute Gasteiger partial charge is 0.389 e. The Bertz CT molecular complexity index is 557. The van der Waals surface area contributed by atoms with Gasteiger partial charge in [-0.3, -0.25) is 4.90 Å². The van der Waals surface area contributed by atoms with Crippen molar-refractivity contribution in [3.63, 3.8) is 0 Å². The fourth-order valence-electron chi connectivity index (χ4n) is 2.31. The van der Waals surface area contributed by atoms with Crippen LogP contribution in [0.4, 0.5) is 4.39 Å². The van der Waals surface area contributed by atoms with Gasteiger partial charge < -0.3 is 9.84 Å². The molecule has 0 aliphatic rings. The van der Waals surface area contributed by atoms with Gasteiger partial charge in [-0.1, -0.05) is 18.2 Å². The number of hydrogen-bond donors (Lipinski definition) is 1. The van der Waals surface area contributed by atoms with E-state index in [0.717, 1.165) is 12.1 Å². The third-order valence-electron chi connectivity index (χ3n) is 3.37. The fraction of sp³-hybridized carbons (Fsp3) is 0.444. The second-order valence-electron chi connectivity index (χ2n) is 5.91. The molecule has 1 unspecified atom stereocenters. The summed E-state index contributed by atoms with van der Waals surface area (Å²) in [6, 6.07) is 10.6. The van der Waals surface area contributed by atoms with Crippen LogP contribution in [0, 0.1) is 5.82 Å². The summed E-state index contributed by atoms with van der Waals surface area (Å²) < 4.78 is 18.5. The average Bonchev–Trinajstić information content (AvgIpc) is 3.00. The van der Waals surface area contributed by atoms with E-state index in [1.165, 1.54) is 17.0 Å². The van der Waals surface area contributed by atoms with Crippen molar-refractivity contribution in [3.05, 3.63) is 58.0 Å². The summed E-state index contributed by atoms with van der Waals surface area (Å²) in [6.07, 6.45) is -0.440. The van der Waals surface area contributed by atoms with Gasteiger partial charge in [0.25, 0.3) is 0 Å². The first kappa shape index (κ1) is 18.1. The molecule has 0 amide bonds. The van der Waals surface area contributed by atoms with Crippen LogP contribution in [-0.4, -0.2) is 35.4 Å². The highest BCUT2D eigenvalue weighted by atomic mass is 32.1. The summed E-state index contributed by atoms with van der Waals surface area (Å²) in [6.45, 7) is 6.16. The first-order valence-electron chi connectivity index (χ1n) is 7.82. The molecule has 0 aliphatic carbocycles. The molecule has 2 rings (SSSR count). The minimum Gasteiger partial charge on any atom is -0.389 e. The van der Waals surface area contributed by atoms with Gasteiger partial charge in [0.1, 0.15) is 5.82 Å². The highest BCUT2D eigenvalue weighted by molar-refractivity contribution is 7.09. The normalized spacial score (nSPS) is 13.0. The summed E-state index contributed by atoms with van der Waals surface area (Å²) in [7, 11) is 0. The molecule has 2 aromatic rings.